The standard InChI is InChI=1S/C10H19N3S/c1-4-12-9(7-13(2)3)5-10-6-11-8-14-10/h6,8-9,12H,4-5,7H2,1-3H3. The van der Waals surface area contributed by atoms with Gasteiger partial charge in [-0.05, 0) is 27.1 Å². The van der Waals surface area contributed by atoms with Crippen LogP contribution in [0.25, 0.3) is 0 Å². The molecule has 0 fully saturated rings. The summed E-state index contributed by atoms with van der Waals surface area (Å²) < 4.78 is 0. The first-order valence-corrected chi connectivity index (χ1v) is 5.85. The highest BCUT2D eigenvalue weighted by Gasteiger charge is 2.09. The van der Waals surface area contributed by atoms with E-state index in [9.17, 15) is 0 Å². The average Bonchev–Trinajstić information content (AvgIpc) is 2.56. The number of aromatic nitrogens is 1. The molecule has 80 valence electrons. The largest absolute Gasteiger partial charge is 0.313 e. The third-order valence-electron chi connectivity index (χ3n) is 2.01. The van der Waals surface area contributed by atoms with Gasteiger partial charge in [-0.3, -0.25) is 4.98 Å². The van der Waals surface area contributed by atoms with E-state index in [2.05, 4.69) is 36.2 Å². The molecule has 1 N–H and O–H groups in total. The van der Waals surface area contributed by atoms with Crippen LogP contribution >= 0.6 is 11.3 Å². The molecule has 4 heteroatoms. The highest BCUT2D eigenvalue weighted by atomic mass is 32.1. The molecule has 0 bridgehead atoms. The summed E-state index contributed by atoms with van der Waals surface area (Å²) in [4.78, 5) is 7.67. The summed E-state index contributed by atoms with van der Waals surface area (Å²) >= 11 is 1.73. The molecule has 0 amide bonds. The van der Waals surface area contributed by atoms with Crippen molar-refractivity contribution >= 4 is 11.3 Å². The molecule has 1 heterocycles. The molecule has 1 aromatic rings. The van der Waals surface area contributed by atoms with E-state index in [1.165, 1.54) is 4.88 Å². The summed E-state index contributed by atoms with van der Waals surface area (Å²) in [7, 11) is 4.22. The number of likely N-dealkylation sites (N-methyl/N-ethyl adjacent to an activating group) is 2. The molecule has 0 aliphatic heterocycles. The van der Waals surface area contributed by atoms with Gasteiger partial charge in [-0.15, -0.1) is 11.3 Å². The molecule has 1 aromatic heterocycles. The van der Waals surface area contributed by atoms with E-state index in [-0.39, 0.29) is 0 Å². The SMILES string of the molecule is CCNC(Cc1cncs1)CN(C)C. The van der Waals surface area contributed by atoms with Gasteiger partial charge in [0.25, 0.3) is 0 Å². The molecular formula is C10H19N3S. The van der Waals surface area contributed by atoms with Gasteiger partial charge in [-0.1, -0.05) is 6.92 Å². The monoisotopic (exact) mass is 213 g/mol. The fraction of sp³-hybridized carbons (Fsp3) is 0.700. The maximum Gasteiger partial charge on any atom is 0.0794 e. The quantitative estimate of drug-likeness (QED) is 0.770. The zero-order valence-electron chi connectivity index (χ0n) is 9.16. The summed E-state index contributed by atoms with van der Waals surface area (Å²) in [6, 6.07) is 0.537. The van der Waals surface area contributed by atoms with Gasteiger partial charge in [-0.25, -0.2) is 0 Å². The first-order chi connectivity index (χ1) is 6.72. The van der Waals surface area contributed by atoms with Gasteiger partial charge in [0.15, 0.2) is 0 Å². The van der Waals surface area contributed by atoms with Crippen molar-refractivity contribution < 1.29 is 0 Å². The van der Waals surface area contributed by atoms with Crippen LogP contribution in [0.2, 0.25) is 0 Å². The van der Waals surface area contributed by atoms with E-state index >= 15 is 0 Å². The van der Waals surface area contributed by atoms with Crippen LogP contribution in [0.3, 0.4) is 0 Å². The van der Waals surface area contributed by atoms with Gasteiger partial charge < -0.3 is 10.2 Å². The lowest BCUT2D eigenvalue weighted by atomic mass is 10.2. The molecule has 0 aliphatic carbocycles. The second-order valence-electron chi connectivity index (χ2n) is 3.69. The van der Waals surface area contributed by atoms with E-state index in [1.54, 1.807) is 11.3 Å². The number of hydrogen-bond donors (Lipinski definition) is 1. The van der Waals surface area contributed by atoms with Crippen molar-refractivity contribution in [3.05, 3.63) is 16.6 Å². The molecule has 1 rings (SSSR count). The molecule has 1 atom stereocenters. The second-order valence-corrected chi connectivity index (χ2v) is 4.66. The first kappa shape index (κ1) is 11.6. The first-order valence-electron chi connectivity index (χ1n) is 4.97. The third-order valence-corrected chi connectivity index (χ3v) is 2.81. The van der Waals surface area contributed by atoms with Crippen molar-refractivity contribution in [2.75, 3.05) is 27.2 Å². The van der Waals surface area contributed by atoms with Crippen LogP contribution in [0.4, 0.5) is 0 Å². The second kappa shape index (κ2) is 6.11. The molecule has 0 spiro atoms. The van der Waals surface area contributed by atoms with E-state index in [0.717, 1.165) is 19.5 Å². The lowest BCUT2D eigenvalue weighted by Crippen LogP contribution is -2.39. The van der Waals surface area contributed by atoms with E-state index in [0.29, 0.717) is 6.04 Å². The normalized spacial score (nSPS) is 13.4. The van der Waals surface area contributed by atoms with Crippen molar-refractivity contribution in [2.24, 2.45) is 0 Å². The topological polar surface area (TPSA) is 28.2 Å². The molecule has 0 aromatic carbocycles. The van der Waals surface area contributed by atoms with Gasteiger partial charge in [0.1, 0.15) is 0 Å². The minimum atomic E-state index is 0.537. The van der Waals surface area contributed by atoms with Crippen molar-refractivity contribution in [2.45, 2.75) is 19.4 Å². The molecule has 14 heavy (non-hydrogen) atoms. The van der Waals surface area contributed by atoms with E-state index < -0.39 is 0 Å². The van der Waals surface area contributed by atoms with Crippen LogP contribution in [0.5, 0.6) is 0 Å². The summed E-state index contributed by atoms with van der Waals surface area (Å²) in [6.45, 7) is 4.25. The Morgan fingerprint density at radius 2 is 2.36 bits per heavy atom. The van der Waals surface area contributed by atoms with Gasteiger partial charge in [-0.2, -0.15) is 0 Å². The Bertz CT molecular complexity index is 234. The fourth-order valence-electron chi connectivity index (χ4n) is 1.52. The number of nitrogens with one attached hydrogen (secondary N) is 1. The third kappa shape index (κ3) is 4.17. The number of nitrogens with zero attached hydrogens (tertiary/aromatic N) is 2. The average molecular weight is 213 g/mol. The summed E-state index contributed by atoms with van der Waals surface area (Å²) in [5, 5.41) is 3.49. The molecule has 3 nitrogen and oxygen atoms in total. The summed E-state index contributed by atoms with van der Waals surface area (Å²) in [5.74, 6) is 0. The predicted molar refractivity (Wildman–Crippen MR) is 61.8 cm³/mol. The van der Waals surface area contributed by atoms with Crippen LogP contribution in [-0.4, -0.2) is 43.1 Å². The lowest BCUT2D eigenvalue weighted by molar-refractivity contribution is 0.340. The zero-order chi connectivity index (χ0) is 10.4. The zero-order valence-corrected chi connectivity index (χ0v) is 9.97. The Morgan fingerprint density at radius 3 is 2.86 bits per heavy atom. The van der Waals surface area contributed by atoms with Crippen molar-refractivity contribution in [3.63, 3.8) is 0 Å². The van der Waals surface area contributed by atoms with Crippen LogP contribution in [-0.2, 0) is 6.42 Å². The predicted octanol–water partition coefficient (Wildman–Crippen LogP) is 1.23. The Kier molecular flexibility index (Phi) is 5.07. The fourth-order valence-corrected chi connectivity index (χ4v) is 2.19. The van der Waals surface area contributed by atoms with Crippen molar-refractivity contribution in [1.82, 2.24) is 15.2 Å². The maximum absolute atomic E-state index is 4.09. The maximum atomic E-state index is 4.09. The van der Waals surface area contributed by atoms with Crippen LogP contribution in [0, 0.1) is 0 Å². The Labute approximate surface area is 90.2 Å². The number of hydrogen-bond acceptors (Lipinski definition) is 4. The Morgan fingerprint density at radius 1 is 1.57 bits per heavy atom. The Balaban J connectivity index is 2.42. The van der Waals surface area contributed by atoms with Crippen LogP contribution in [0.1, 0.15) is 11.8 Å². The van der Waals surface area contributed by atoms with Gasteiger partial charge in [0, 0.05) is 23.7 Å². The van der Waals surface area contributed by atoms with Crippen molar-refractivity contribution in [3.8, 4) is 0 Å². The smallest absolute Gasteiger partial charge is 0.0794 e. The van der Waals surface area contributed by atoms with Crippen LogP contribution in [0.15, 0.2) is 11.7 Å². The van der Waals surface area contributed by atoms with E-state index in [4.69, 9.17) is 0 Å². The minimum absolute atomic E-state index is 0.537. The molecule has 1 unspecified atom stereocenters. The van der Waals surface area contributed by atoms with Gasteiger partial charge >= 0.3 is 0 Å². The lowest BCUT2D eigenvalue weighted by Gasteiger charge is -2.20. The highest BCUT2D eigenvalue weighted by Crippen LogP contribution is 2.08. The summed E-state index contributed by atoms with van der Waals surface area (Å²) in [5.41, 5.74) is 1.90. The molecular weight excluding hydrogens is 194 g/mol. The van der Waals surface area contributed by atoms with E-state index in [1.807, 2.05) is 11.7 Å². The minimum Gasteiger partial charge on any atom is -0.313 e. The molecule has 0 saturated heterocycles. The molecule has 0 saturated carbocycles. The number of thiazole rings is 1. The molecule has 0 aliphatic rings. The summed E-state index contributed by atoms with van der Waals surface area (Å²) in [6.07, 6.45) is 3.04. The Hall–Kier alpha value is -0.450. The molecule has 0 radical (unpaired) electrons. The number of rotatable bonds is 6. The van der Waals surface area contributed by atoms with Gasteiger partial charge in [0.2, 0.25) is 0 Å². The van der Waals surface area contributed by atoms with Gasteiger partial charge in [0.05, 0.1) is 5.51 Å². The highest BCUT2D eigenvalue weighted by molar-refractivity contribution is 7.09. The van der Waals surface area contributed by atoms with Crippen LogP contribution < -0.4 is 5.32 Å². The van der Waals surface area contributed by atoms with Crippen molar-refractivity contribution in [1.29, 1.82) is 0 Å².